The Balaban J connectivity index is 1.76. The van der Waals surface area contributed by atoms with E-state index in [1.54, 1.807) is 43.2 Å². The number of fused-ring (bicyclic) bond motifs is 1. The van der Waals surface area contributed by atoms with Gasteiger partial charge in [0.2, 0.25) is 5.95 Å². The average molecular weight is 494 g/mol. The summed E-state index contributed by atoms with van der Waals surface area (Å²) in [5, 5.41) is 20.1. The van der Waals surface area contributed by atoms with Gasteiger partial charge < -0.3 is 30.0 Å². The second kappa shape index (κ2) is 11.1. The number of nitrogens with one attached hydrogen (secondary N) is 2. The number of methoxy groups -OCH3 is 2. The van der Waals surface area contributed by atoms with Crippen LogP contribution in [0, 0.1) is 0 Å². The van der Waals surface area contributed by atoms with Gasteiger partial charge in [0.05, 0.1) is 26.4 Å². The zero-order chi connectivity index (χ0) is 25.7. The average Bonchev–Trinajstić information content (AvgIpc) is 3.29. The van der Waals surface area contributed by atoms with Gasteiger partial charge in [-0.1, -0.05) is 6.07 Å². The summed E-state index contributed by atoms with van der Waals surface area (Å²) in [6.45, 7) is 4.29. The van der Waals surface area contributed by atoms with Crippen molar-refractivity contribution in [3.8, 4) is 17.2 Å². The van der Waals surface area contributed by atoms with Crippen molar-refractivity contribution in [2.45, 2.75) is 32.7 Å². The topological polar surface area (TPSA) is 120 Å². The summed E-state index contributed by atoms with van der Waals surface area (Å²) in [6.07, 6.45) is 1.06. The minimum atomic E-state index is -0.570. The number of allylic oxidation sites excluding steroid dienone is 1. The van der Waals surface area contributed by atoms with Crippen LogP contribution in [0.4, 0.5) is 11.6 Å². The Morgan fingerprint density at radius 2 is 1.92 bits per heavy atom. The summed E-state index contributed by atoms with van der Waals surface area (Å²) in [7, 11) is 3.17. The summed E-state index contributed by atoms with van der Waals surface area (Å²) in [6, 6.07) is 12.2. The van der Waals surface area contributed by atoms with Gasteiger partial charge in [-0.25, -0.2) is 4.68 Å². The molecule has 10 nitrogen and oxygen atoms in total. The lowest BCUT2D eigenvalue weighted by Gasteiger charge is -2.29. The van der Waals surface area contributed by atoms with Gasteiger partial charge >= 0.3 is 0 Å². The fourth-order valence-corrected chi connectivity index (χ4v) is 4.14. The fourth-order valence-electron chi connectivity index (χ4n) is 4.14. The summed E-state index contributed by atoms with van der Waals surface area (Å²) >= 11 is 0. The second-order valence-corrected chi connectivity index (χ2v) is 8.22. The van der Waals surface area contributed by atoms with E-state index in [0.29, 0.717) is 65.4 Å². The third kappa shape index (κ3) is 5.13. The Hall–Kier alpha value is -4.05. The monoisotopic (exact) mass is 493 g/mol. The molecule has 1 aliphatic rings. The number of hydrogen-bond acceptors (Lipinski definition) is 8. The number of ether oxygens (including phenoxy) is 3. The number of aliphatic hydroxyl groups excluding tert-OH is 1. The number of aryl methyl sites for hydroxylation is 1. The number of rotatable bonds is 10. The lowest BCUT2D eigenvalue weighted by molar-refractivity contribution is -0.113. The summed E-state index contributed by atoms with van der Waals surface area (Å²) in [5.74, 6) is 2.71. The van der Waals surface area contributed by atoms with E-state index in [1.807, 2.05) is 32.0 Å². The van der Waals surface area contributed by atoms with Crippen LogP contribution in [0.1, 0.15) is 37.7 Å². The Morgan fingerprint density at radius 3 is 2.58 bits per heavy atom. The molecule has 0 aliphatic carbocycles. The van der Waals surface area contributed by atoms with E-state index in [9.17, 15) is 9.90 Å². The van der Waals surface area contributed by atoms with Gasteiger partial charge in [0.25, 0.3) is 5.91 Å². The van der Waals surface area contributed by atoms with Crippen molar-refractivity contribution in [1.29, 1.82) is 0 Å². The molecule has 190 valence electrons. The first kappa shape index (κ1) is 25.1. The Kier molecular flexibility index (Phi) is 7.74. The Labute approximate surface area is 209 Å². The molecule has 3 aromatic rings. The van der Waals surface area contributed by atoms with Crippen LogP contribution in [0.5, 0.6) is 17.2 Å². The zero-order valence-electron chi connectivity index (χ0n) is 20.9. The van der Waals surface area contributed by atoms with Crippen LogP contribution in [0.15, 0.2) is 53.7 Å². The highest BCUT2D eigenvalue weighted by atomic mass is 16.5. The number of anilines is 2. The minimum absolute atomic E-state index is 0.0453. The summed E-state index contributed by atoms with van der Waals surface area (Å²) in [4.78, 5) is 18.2. The lowest BCUT2D eigenvalue weighted by atomic mass is 9.94. The molecular weight excluding hydrogens is 462 g/mol. The Bertz CT molecular complexity index is 1250. The maximum atomic E-state index is 13.6. The molecule has 2 aromatic carbocycles. The molecule has 3 N–H and O–H groups in total. The number of carbonyl (C=O) groups is 1. The summed E-state index contributed by atoms with van der Waals surface area (Å²) < 4.78 is 18.2. The van der Waals surface area contributed by atoms with Crippen LogP contribution >= 0.6 is 0 Å². The molecule has 1 unspecified atom stereocenters. The smallest absolute Gasteiger partial charge is 0.255 e. The molecule has 10 heteroatoms. The normalized spacial score (nSPS) is 14.6. The molecule has 2 heterocycles. The number of aliphatic hydroxyl groups is 1. The van der Waals surface area contributed by atoms with Crippen LogP contribution in [0.3, 0.4) is 0 Å². The second-order valence-electron chi connectivity index (χ2n) is 8.22. The van der Waals surface area contributed by atoms with E-state index in [-0.39, 0.29) is 12.5 Å². The van der Waals surface area contributed by atoms with Crippen LogP contribution in [0.25, 0.3) is 0 Å². The highest BCUT2D eigenvalue weighted by Gasteiger charge is 2.35. The highest BCUT2D eigenvalue weighted by Crippen LogP contribution is 2.39. The maximum Gasteiger partial charge on any atom is 0.255 e. The molecule has 1 amide bonds. The SMILES string of the molecule is CCOc1ccc(C2C(C(=O)Nc3ccc(OC)cc3)=C(C)Nc3nc(CCCO)nn32)cc1OC. The highest BCUT2D eigenvalue weighted by molar-refractivity contribution is 6.06. The fraction of sp³-hybridized carbons (Fsp3) is 0.346. The molecule has 0 fully saturated rings. The molecule has 0 saturated heterocycles. The lowest BCUT2D eigenvalue weighted by Crippen LogP contribution is -2.31. The van der Waals surface area contributed by atoms with Crippen molar-refractivity contribution in [3.05, 3.63) is 65.1 Å². The molecule has 1 atom stereocenters. The molecule has 1 aliphatic heterocycles. The molecule has 0 spiro atoms. The van der Waals surface area contributed by atoms with Crippen molar-refractivity contribution in [2.75, 3.05) is 38.1 Å². The molecule has 1 aromatic heterocycles. The van der Waals surface area contributed by atoms with Gasteiger partial charge in [0, 0.05) is 24.4 Å². The predicted molar refractivity (Wildman–Crippen MR) is 136 cm³/mol. The number of carbonyl (C=O) groups excluding carboxylic acids is 1. The molecule has 0 radical (unpaired) electrons. The van der Waals surface area contributed by atoms with E-state index < -0.39 is 6.04 Å². The molecule has 0 saturated carbocycles. The van der Waals surface area contributed by atoms with E-state index in [1.165, 1.54) is 0 Å². The molecule has 4 rings (SSSR count). The van der Waals surface area contributed by atoms with Gasteiger partial charge in [-0.3, -0.25) is 4.79 Å². The molecule has 36 heavy (non-hydrogen) atoms. The van der Waals surface area contributed by atoms with Crippen molar-refractivity contribution in [2.24, 2.45) is 0 Å². The van der Waals surface area contributed by atoms with Crippen LogP contribution in [0.2, 0.25) is 0 Å². The first-order valence-corrected chi connectivity index (χ1v) is 11.8. The minimum Gasteiger partial charge on any atom is -0.497 e. The third-order valence-electron chi connectivity index (χ3n) is 5.85. The molecular formula is C26H31N5O5. The summed E-state index contributed by atoms with van der Waals surface area (Å²) in [5.41, 5.74) is 2.57. The van der Waals surface area contributed by atoms with Crippen molar-refractivity contribution >= 4 is 17.5 Å². The number of hydrogen-bond donors (Lipinski definition) is 3. The van der Waals surface area contributed by atoms with Crippen LogP contribution in [-0.2, 0) is 11.2 Å². The van der Waals surface area contributed by atoms with Gasteiger partial charge in [-0.05, 0) is 62.2 Å². The third-order valence-corrected chi connectivity index (χ3v) is 5.85. The first-order valence-electron chi connectivity index (χ1n) is 11.8. The number of benzene rings is 2. The number of nitrogens with zero attached hydrogens (tertiary/aromatic N) is 3. The first-order chi connectivity index (χ1) is 17.5. The van der Waals surface area contributed by atoms with Gasteiger partial charge in [0.15, 0.2) is 17.3 Å². The van der Waals surface area contributed by atoms with E-state index >= 15 is 0 Å². The van der Waals surface area contributed by atoms with E-state index in [2.05, 4.69) is 20.7 Å². The van der Waals surface area contributed by atoms with Crippen molar-refractivity contribution < 1.29 is 24.1 Å². The van der Waals surface area contributed by atoms with Gasteiger partial charge in [-0.15, -0.1) is 0 Å². The van der Waals surface area contributed by atoms with E-state index in [4.69, 9.17) is 14.2 Å². The van der Waals surface area contributed by atoms with Crippen molar-refractivity contribution in [1.82, 2.24) is 14.8 Å². The van der Waals surface area contributed by atoms with Crippen LogP contribution in [-0.4, -0.2) is 53.2 Å². The zero-order valence-corrected chi connectivity index (χ0v) is 20.9. The quantitative estimate of drug-likeness (QED) is 0.392. The van der Waals surface area contributed by atoms with Crippen LogP contribution < -0.4 is 24.8 Å². The van der Waals surface area contributed by atoms with Gasteiger partial charge in [-0.2, -0.15) is 10.1 Å². The standard InChI is InChI=1S/C26H31N5O5/c1-5-36-20-13-8-17(15-21(20)35-4)24-23(25(33)28-18-9-11-19(34-3)12-10-18)16(2)27-26-29-22(7-6-14-32)30-31(24)26/h8-13,15,24,32H,5-7,14H2,1-4H3,(H,28,33)(H,27,29,30). The van der Waals surface area contributed by atoms with Crippen molar-refractivity contribution in [3.63, 3.8) is 0 Å². The predicted octanol–water partition coefficient (Wildman–Crippen LogP) is 3.55. The Morgan fingerprint density at radius 1 is 1.14 bits per heavy atom. The number of aromatic nitrogens is 3. The van der Waals surface area contributed by atoms with E-state index in [0.717, 1.165) is 5.56 Å². The maximum absolute atomic E-state index is 13.6. The molecule has 0 bridgehead atoms. The largest absolute Gasteiger partial charge is 0.497 e. The number of amides is 1. The van der Waals surface area contributed by atoms with Gasteiger partial charge in [0.1, 0.15) is 11.8 Å².